The Bertz CT molecular complexity index is 940. The predicted octanol–water partition coefficient (Wildman–Crippen LogP) is 5.36. The molecule has 2 N–H and O–H groups in total. The number of para-hydroxylation sites is 1. The van der Waals surface area contributed by atoms with E-state index in [1.54, 1.807) is 24.3 Å². The van der Waals surface area contributed by atoms with Gasteiger partial charge in [-0.05, 0) is 54.6 Å². The number of ether oxygens (including phenoxy) is 1. The van der Waals surface area contributed by atoms with Gasteiger partial charge in [-0.3, -0.25) is 9.59 Å². The first-order valence-corrected chi connectivity index (χ1v) is 8.66. The lowest BCUT2D eigenvalue weighted by atomic mass is 10.3. The Morgan fingerprint density at radius 1 is 0.667 bits per heavy atom. The fourth-order valence-corrected chi connectivity index (χ4v) is 2.76. The molecule has 0 aliphatic rings. The van der Waals surface area contributed by atoms with Gasteiger partial charge in [0.1, 0.15) is 11.5 Å². The van der Waals surface area contributed by atoms with E-state index in [-0.39, 0.29) is 0 Å². The van der Waals surface area contributed by atoms with Crippen LogP contribution in [0.1, 0.15) is 0 Å². The summed E-state index contributed by atoms with van der Waals surface area (Å²) in [5.74, 6) is -0.341. The zero-order valence-electron chi connectivity index (χ0n) is 13.9. The maximum Gasteiger partial charge on any atom is 0.314 e. The van der Waals surface area contributed by atoms with Crippen molar-refractivity contribution in [2.45, 2.75) is 0 Å². The number of carbonyl (C=O) groups is 2. The molecule has 0 aromatic heterocycles. The highest BCUT2D eigenvalue weighted by Gasteiger charge is 2.14. The molecule has 3 rings (SSSR count). The number of rotatable bonds is 4. The summed E-state index contributed by atoms with van der Waals surface area (Å²) in [5, 5.41) is 5.66. The van der Waals surface area contributed by atoms with Gasteiger partial charge < -0.3 is 15.4 Å². The number of carbonyl (C=O) groups excluding carboxylic acids is 2. The predicted molar refractivity (Wildman–Crippen MR) is 107 cm³/mol. The highest BCUT2D eigenvalue weighted by molar-refractivity contribution is 6.44. The van der Waals surface area contributed by atoms with Crippen LogP contribution in [0, 0.1) is 0 Å². The Labute approximate surface area is 165 Å². The van der Waals surface area contributed by atoms with Gasteiger partial charge in [0.05, 0.1) is 0 Å². The fraction of sp³-hybridized carbons (Fsp3) is 0. The van der Waals surface area contributed by atoms with Crippen LogP contribution < -0.4 is 15.4 Å². The summed E-state index contributed by atoms with van der Waals surface area (Å²) in [6.45, 7) is 0. The first-order chi connectivity index (χ1) is 13.0. The monoisotopic (exact) mass is 400 g/mol. The molecule has 0 aliphatic carbocycles. The minimum absolute atomic E-state index is 0.333. The van der Waals surface area contributed by atoms with Crippen molar-refractivity contribution in [1.29, 1.82) is 0 Å². The van der Waals surface area contributed by atoms with Crippen LogP contribution in [0.3, 0.4) is 0 Å². The molecule has 27 heavy (non-hydrogen) atoms. The van der Waals surface area contributed by atoms with E-state index >= 15 is 0 Å². The van der Waals surface area contributed by atoms with Gasteiger partial charge in [-0.1, -0.05) is 41.4 Å². The van der Waals surface area contributed by atoms with Gasteiger partial charge in [0, 0.05) is 21.4 Å². The second kappa shape index (κ2) is 8.58. The largest absolute Gasteiger partial charge is 0.457 e. The molecule has 0 aliphatic heterocycles. The fourth-order valence-electron chi connectivity index (χ4n) is 2.23. The number of benzene rings is 3. The van der Waals surface area contributed by atoms with Crippen LogP contribution in [0.5, 0.6) is 11.5 Å². The van der Waals surface area contributed by atoms with Gasteiger partial charge in [0.2, 0.25) is 0 Å². The van der Waals surface area contributed by atoms with Gasteiger partial charge in [-0.2, -0.15) is 0 Å². The smallest absolute Gasteiger partial charge is 0.314 e. The van der Waals surface area contributed by atoms with Crippen molar-refractivity contribution in [2.75, 3.05) is 10.6 Å². The summed E-state index contributed by atoms with van der Waals surface area (Å²) in [5.41, 5.74) is 0.791. The molecule has 0 saturated carbocycles. The van der Waals surface area contributed by atoms with Crippen molar-refractivity contribution in [3.8, 4) is 11.5 Å². The van der Waals surface area contributed by atoms with Crippen molar-refractivity contribution in [1.82, 2.24) is 0 Å². The molecule has 7 heteroatoms. The van der Waals surface area contributed by atoms with Crippen LogP contribution in [0.15, 0.2) is 72.8 Å². The molecular formula is C20H14Cl2N2O3. The molecule has 0 spiro atoms. The van der Waals surface area contributed by atoms with E-state index in [9.17, 15) is 9.59 Å². The third-order valence-electron chi connectivity index (χ3n) is 3.42. The Kier molecular flexibility index (Phi) is 5.96. The van der Waals surface area contributed by atoms with E-state index in [0.29, 0.717) is 32.9 Å². The summed E-state index contributed by atoms with van der Waals surface area (Å²) in [6, 6.07) is 20.5. The van der Waals surface area contributed by atoms with Gasteiger partial charge in [-0.15, -0.1) is 0 Å². The Morgan fingerprint density at radius 3 is 1.78 bits per heavy atom. The summed E-state index contributed by atoms with van der Waals surface area (Å²) in [7, 11) is 0. The molecule has 136 valence electrons. The van der Waals surface area contributed by atoms with Crippen molar-refractivity contribution >= 4 is 46.4 Å². The van der Waals surface area contributed by atoms with Crippen molar-refractivity contribution < 1.29 is 14.3 Å². The lowest BCUT2D eigenvalue weighted by Gasteiger charge is -2.09. The van der Waals surface area contributed by atoms with E-state index in [1.807, 2.05) is 30.3 Å². The minimum atomic E-state index is -0.835. The van der Waals surface area contributed by atoms with Crippen LogP contribution >= 0.6 is 23.2 Å². The Hall–Kier alpha value is -3.02. The molecule has 2 amide bonds. The molecule has 0 atom stereocenters. The minimum Gasteiger partial charge on any atom is -0.457 e. The molecule has 0 bridgehead atoms. The molecule has 0 fully saturated rings. The highest BCUT2D eigenvalue weighted by atomic mass is 35.5. The quantitative estimate of drug-likeness (QED) is 0.578. The van der Waals surface area contributed by atoms with Crippen LogP contribution in [-0.4, -0.2) is 11.8 Å². The van der Waals surface area contributed by atoms with Crippen molar-refractivity contribution in [2.24, 2.45) is 0 Å². The average molecular weight is 401 g/mol. The number of hydrogen-bond acceptors (Lipinski definition) is 3. The topological polar surface area (TPSA) is 67.4 Å². The molecule has 0 heterocycles. The van der Waals surface area contributed by atoms with Crippen LogP contribution in [0.2, 0.25) is 10.0 Å². The van der Waals surface area contributed by atoms with Crippen LogP contribution in [-0.2, 0) is 9.59 Å². The molecule has 0 unspecified atom stereocenters. The second-order valence-electron chi connectivity index (χ2n) is 5.51. The lowest BCUT2D eigenvalue weighted by molar-refractivity contribution is -0.132. The molecule has 3 aromatic rings. The number of amides is 2. The van der Waals surface area contributed by atoms with Gasteiger partial charge in [0.15, 0.2) is 0 Å². The Balaban J connectivity index is 1.59. The lowest BCUT2D eigenvalue weighted by Crippen LogP contribution is -2.29. The van der Waals surface area contributed by atoms with Crippen LogP contribution in [0.25, 0.3) is 0 Å². The maximum absolute atomic E-state index is 12.0. The summed E-state index contributed by atoms with van der Waals surface area (Å²) < 4.78 is 5.67. The summed E-state index contributed by atoms with van der Waals surface area (Å²) in [4.78, 5) is 24.1. The normalized spacial score (nSPS) is 10.1. The van der Waals surface area contributed by atoms with E-state index in [1.165, 1.54) is 18.2 Å². The first-order valence-electron chi connectivity index (χ1n) is 7.91. The third kappa shape index (κ3) is 5.48. The standard InChI is InChI=1S/C20H14Cl2N2O3/c21-13-10-14(22)12-16(11-13)24-20(26)19(25)23-15-6-8-18(9-7-15)27-17-4-2-1-3-5-17/h1-12H,(H,23,25)(H,24,26). The number of halogens is 2. The van der Waals surface area contributed by atoms with E-state index in [2.05, 4.69) is 10.6 Å². The van der Waals surface area contributed by atoms with E-state index in [4.69, 9.17) is 27.9 Å². The van der Waals surface area contributed by atoms with E-state index in [0.717, 1.165) is 0 Å². The van der Waals surface area contributed by atoms with Crippen molar-refractivity contribution in [3.05, 3.63) is 82.8 Å². The van der Waals surface area contributed by atoms with Crippen LogP contribution in [0.4, 0.5) is 11.4 Å². The zero-order chi connectivity index (χ0) is 19.2. The molecular weight excluding hydrogens is 387 g/mol. The number of anilines is 2. The second-order valence-corrected chi connectivity index (χ2v) is 6.38. The summed E-state index contributed by atoms with van der Waals surface area (Å²) >= 11 is 11.7. The number of nitrogens with one attached hydrogen (secondary N) is 2. The molecule has 0 saturated heterocycles. The third-order valence-corrected chi connectivity index (χ3v) is 3.85. The number of hydrogen-bond donors (Lipinski definition) is 2. The van der Waals surface area contributed by atoms with E-state index < -0.39 is 11.8 Å². The van der Waals surface area contributed by atoms with Gasteiger partial charge >= 0.3 is 11.8 Å². The maximum atomic E-state index is 12.0. The molecule has 5 nitrogen and oxygen atoms in total. The zero-order valence-corrected chi connectivity index (χ0v) is 15.4. The SMILES string of the molecule is O=C(Nc1ccc(Oc2ccccc2)cc1)C(=O)Nc1cc(Cl)cc(Cl)c1. The average Bonchev–Trinajstić information content (AvgIpc) is 2.63. The van der Waals surface area contributed by atoms with Crippen molar-refractivity contribution in [3.63, 3.8) is 0 Å². The summed E-state index contributed by atoms with van der Waals surface area (Å²) in [6.07, 6.45) is 0. The Morgan fingerprint density at radius 2 is 1.19 bits per heavy atom. The molecule has 3 aromatic carbocycles. The van der Waals surface area contributed by atoms with Gasteiger partial charge in [-0.25, -0.2) is 0 Å². The highest BCUT2D eigenvalue weighted by Crippen LogP contribution is 2.24. The molecule has 0 radical (unpaired) electrons. The van der Waals surface area contributed by atoms with Gasteiger partial charge in [0.25, 0.3) is 0 Å². The first kappa shape index (κ1) is 18.8.